The number of benzene rings is 1. The number of aromatic nitrogens is 2. The molecule has 1 fully saturated rings. The van der Waals surface area contributed by atoms with Gasteiger partial charge in [-0.25, -0.2) is 0 Å². The van der Waals surface area contributed by atoms with Gasteiger partial charge in [-0.2, -0.15) is 17.0 Å². The standard InChI is InChI=1S/C19H26N4O4S/c1-4-22(5-2)28(24,25)23-12-13-27-17(14-23)19-18(20-10-11-21-19)15-6-8-16(26-3)9-7-15/h6-11,17H,4-5,12-14H2,1-3H3/t17-/m0/s1. The average molecular weight is 407 g/mol. The molecule has 0 radical (unpaired) electrons. The second-order valence-electron chi connectivity index (χ2n) is 6.33. The van der Waals surface area contributed by atoms with Gasteiger partial charge in [0.05, 0.1) is 25.1 Å². The van der Waals surface area contributed by atoms with Gasteiger partial charge in [-0.05, 0) is 24.3 Å². The summed E-state index contributed by atoms with van der Waals surface area (Å²) in [6.45, 7) is 5.39. The van der Waals surface area contributed by atoms with Gasteiger partial charge in [0.25, 0.3) is 10.2 Å². The van der Waals surface area contributed by atoms with Crippen molar-refractivity contribution in [1.82, 2.24) is 18.6 Å². The Morgan fingerprint density at radius 3 is 2.50 bits per heavy atom. The fourth-order valence-electron chi connectivity index (χ4n) is 3.27. The largest absolute Gasteiger partial charge is 0.497 e. The Labute approximate surface area is 166 Å². The molecular weight excluding hydrogens is 380 g/mol. The highest BCUT2D eigenvalue weighted by molar-refractivity contribution is 7.86. The molecule has 9 heteroatoms. The third kappa shape index (κ3) is 4.17. The second-order valence-corrected chi connectivity index (χ2v) is 8.26. The highest BCUT2D eigenvalue weighted by Crippen LogP contribution is 2.31. The summed E-state index contributed by atoms with van der Waals surface area (Å²) in [6, 6.07) is 7.51. The van der Waals surface area contributed by atoms with E-state index in [0.717, 1.165) is 11.3 Å². The smallest absolute Gasteiger partial charge is 0.282 e. The van der Waals surface area contributed by atoms with Crippen LogP contribution in [0.15, 0.2) is 36.7 Å². The van der Waals surface area contributed by atoms with E-state index < -0.39 is 16.3 Å². The van der Waals surface area contributed by atoms with E-state index in [2.05, 4.69) is 9.97 Å². The minimum Gasteiger partial charge on any atom is -0.497 e. The molecule has 0 saturated carbocycles. The number of methoxy groups -OCH3 is 1. The van der Waals surface area contributed by atoms with Crippen molar-refractivity contribution in [2.24, 2.45) is 0 Å². The summed E-state index contributed by atoms with van der Waals surface area (Å²) in [4.78, 5) is 8.94. The molecule has 1 aliphatic heterocycles. The summed E-state index contributed by atoms with van der Waals surface area (Å²) in [7, 11) is -1.92. The van der Waals surface area contributed by atoms with E-state index in [4.69, 9.17) is 9.47 Å². The molecule has 1 aromatic carbocycles. The number of rotatable bonds is 7. The van der Waals surface area contributed by atoms with Crippen molar-refractivity contribution < 1.29 is 17.9 Å². The summed E-state index contributed by atoms with van der Waals surface area (Å²) in [5.74, 6) is 0.750. The van der Waals surface area contributed by atoms with Crippen LogP contribution in [0.1, 0.15) is 25.6 Å². The van der Waals surface area contributed by atoms with Crippen molar-refractivity contribution in [3.8, 4) is 17.0 Å². The quantitative estimate of drug-likeness (QED) is 0.700. The third-order valence-electron chi connectivity index (χ3n) is 4.78. The molecule has 8 nitrogen and oxygen atoms in total. The number of hydrogen-bond donors (Lipinski definition) is 0. The Hall–Kier alpha value is -2.07. The van der Waals surface area contributed by atoms with Crippen LogP contribution in [0.2, 0.25) is 0 Å². The first-order valence-electron chi connectivity index (χ1n) is 9.33. The molecule has 2 heterocycles. The van der Waals surface area contributed by atoms with E-state index in [0.29, 0.717) is 37.6 Å². The monoisotopic (exact) mass is 406 g/mol. The van der Waals surface area contributed by atoms with Gasteiger partial charge >= 0.3 is 0 Å². The van der Waals surface area contributed by atoms with Crippen LogP contribution in [0.25, 0.3) is 11.3 Å². The first-order valence-corrected chi connectivity index (χ1v) is 10.7. The molecule has 0 N–H and O–H groups in total. The lowest BCUT2D eigenvalue weighted by Gasteiger charge is -2.35. The molecule has 0 bridgehead atoms. The Bertz CT molecular complexity index is 885. The molecule has 1 atom stereocenters. The average Bonchev–Trinajstić information content (AvgIpc) is 2.74. The van der Waals surface area contributed by atoms with Crippen molar-refractivity contribution in [2.75, 3.05) is 39.9 Å². The van der Waals surface area contributed by atoms with Crippen LogP contribution in [-0.4, -0.2) is 66.9 Å². The van der Waals surface area contributed by atoms with Gasteiger partial charge in [-0.1, -0.05) is 13.8 Å². The van der Waals surface area contributed by atoms with E-state index in [-0.39, 0.29) is 6.54 Å². The van der Waals surface area contributed by atoms with Crippen LogP contribution in [0.3, 0.4) is 0 Å². The summed E-state index contributed by atoms with van der Waals surface area (Å²) >= 11 is 0. The van der Waals surface area contributed by atoms with E-state index in [1.54, 1.807) is 19.5 Å². The lowest BCUT2D eigenvalue weighted by Crippen LogP contribution is -2.49. The SMILES string of the molecule is CCN(CC)S(=O)(=O)N1CCO[C@H](c2nccnc2-c2ccc(OC)cc2)C1. The summed E-state index contributed by atoms with van der Waals surface area (Å²) in [6.07, 6.45) is 2.74. The second kappa shape index (κ2) is 8.95. The molecule has 1 aromatic heterocycles. The van der Waals surface area contributed by atoms with Gasteiger partial charge in [0.15, 0.2) is 0 Å². The number of nitrogens with zero attached hydrogens (tertiary/aromatic N) is 4. The molecule has 0 spiro atoms. The molecule has 28 heavy (non-hydrogen) atoms. The predicted molar refractivity (Wildman–Crippen MR) is 106 cm³/mol. The summed E-state index contributed by atoms with van der Waals surface area (Å²) in [5.41, 5.74) is 2.18. The van der Waals surface area contributed by atoms with Gasteiger partial charge in [0.1, 0.15) is 11.9 Å². The van der Waals surface area contributed by atoms with Crippen LogP contribution < -0.4 is 4.74 Å². The van der Waals surface area contributed by atoms with Crippen molar-refractivity contribution in [3.63, 3.8) is 0 Å². The Morgan fingerprint density at radius 1 is 1.18 bits per heavy atom. The third-order valence-corrected chi connectivity index (χ3v) is 6.94. The van der Waals surface area contributed by atoms with E-state index in [1.165, 1.54) is 8.61 Å². The molecule has 2 aromatic rings. The molecule has 152 valence electrons. The van der Waals surface area contributed by atoms with Crippen molar-refractivity contribution in [1.29, 1.82) is 0 Å². The Morgan fingerprint density at radius 2 is 1.86 bits per heavy atom. The fraction of sp³-hybridized carbons (Fsp3) is 0.474. The minimum absolute atomic E-state index is 0.209. The summed E-state index contributed by atoms with van der Waals surface area (Å²) in [5, 5.41) is 0. The van der Waals surface area contributed by atoms with Crippen LogP contribution in [-0.2, 0) is 14.9 Å². The van der Waals surface area contributed by atoms with Crippen LogP contribution in [0.4, 0.5) is 0 Å². The van der Waals surface area contributed by atoms with Crippen LogP contribution in [0.5, 0.6) is 5.75 Å². The zero-order chi connectivity index (χ0) is 20.1. The minimum atomic E-state index is -3.53. The van der Waals surface area contributed by atoms with Gasteiger partial charge < -0.3 is 9.47 Å². The normalized spacial score (nSPS) is 18.4. The maximum atomic E-state index is 12.9. The highest BCUT2D eigenvalue weighted by Gasteiger charge is 2.35. The van der Waals surface area contributed by atoms with E-state index >= 15 is 0 Å². The van der Waals surface area contributed by atoms with Crippen molar-refractivity contribution in [2.45, 2.75) is 20.0 Å². The van der Waals surface area contributed by atoms with Crippen LogP contribution in [0, 0.1) is 0 Å². The molecular formula is C19H26N4O4S. The fourth-order valence-corrected chi connectivity index (χ4v) is 4.88. The molecule has 0 unspecified atom stereocenters. The topological polar surface area (TPSA) is 84.9 Å². The maximum Gasteiger partial charge on any atom is 0.282 e. The lowest BCUT2D eigenvalue weighted by atomic mass is 10.1. The van der Waals surface area contributed by atoms with Crippen molar-refractivity contribution >= 4 is 10.2 Å². The number of ether oxygens (including phenoxy) is 2. The summed E-state index contributed by atoms with van der Waals surface area (Å²) < 4.78 is 39.8. The van der Waals surface area contributed by atoms with Gasteiger partial charge in [-0.15, -0.1) is 0 Å². The van der Waals surface area contributed by atoms with Gasteiger partial charge in [-0.3, -0.25) is 9.97 Å². The number of morpholine rings is 1. The van der Waals surface area contributed by atoms with E-state index in [9.17, 15) is 8.42 Å². The molecule has 1 aliphatic rings. The Kier molecular flexibility index (Phi) is 6.61. The zero-order valence-electron chi connectivity index (χ0n) is 16.4. The number of hydrogen-bond acceptors (Lipinski definition) is 6. The molecule has 0 aliphatic carbocycles. The Balaban J connectivity index is 1.89. The molecule has 1 saturated heterocycles. The maximum absolute atomic E-state index is 12.9. The predicted octanol–water partition coefficient (Wildman–Crippen LogP) is 2.11. The van der Waals surface area contributed by atoms with Gasteiger partial charge in [0.2, 0.25) is 0 Å². The van der Waals surface area contributed by atoms with Gasteiger partial charge in [0, 0.05) is 44.1 Å². The van der Waals surface area contributed by atoms with Crippen LogP contribution >= 0.6 is 0 Å². The molecule has 3 rings (SSSR count). The van der Waals surface area contributed by atoms with E-state index in [1.807, 2.05) is 38.1 Å². The highest BCUT2D eigenvalue weighted by atomic mass is 32.2. The lowest BCUT2D eigenvalue weighted by molar-refractivity contribution is -0.00642. The first-order chi connectivity index (χ1) is 13.5. The van der Waals surface area contributed by atoms with Crippen molar-refractivity contribution in [3.05, 3.63) is 42.4 Å². The first kappa shape index (κ1) is 20.7. The zero-order valence-corrected chi connectivity index (χ0v) is 17.2. The molecule has 0 amide bonds.